The predicted molar refractivity (Wildman–Crippen MR) is 67.3 cm³/mol. The van der Waals surface area contributed by atoms with E-state index in [9.17, 15) is 0 Å². The first-order valence-electron chi connectivity index (χ1n) is 6.89. The quantitative estimate of drug-likeness (QED) is 0.798. The molecule has 0 aromatic heterocycles. The van der Waals surface area contributed by atoms with Gasteiger partial charge in [0.2, 0.25) is 0 Å². The van der Waals surface area contributed by atoms with Gasteiger partial charge in [0, 0.05) is 11.0 Å². The first-order chi connectivity index (χ1) is 7.52. The van der Waals surface area contributed by atoms with Crippen LogP contribution in [0, 0.1) is 11.3 Å². The van der Waals surface area contributed by atoms with Crippen molar-refractivity contribution in [1.82, 2.24) is 0 Å². The molecule has 0 amide bonds. The van der Waals surface area contributed by atoms with Crippen molar-refractivity contribution >= 4 is 0 Å². The molecular formula is C14H27NO. The Labute approximate surface area is 99.9 Å². The molecule has 0 radical (unpaired) electrons. The number of hydrogen-bond acceptors (Lipinski definition) is 2. The van der Waals surface area contributed by atoms with Crippen molar-refractivity contribution in [2.75, 3.05) is 13.2 Å². The SMILES string of the molecule is CC(C)(N)CCC1(C2CCCCC2)COC1. The Morgan fingerprint density at radius 2 is 1.81 bits per heavy atom. The molecule has 0 atom stereocenters. The normalized spacial score (nSPS) is 26.4. The molecule has 1 aliphatic carbocycles. The summed E-state index contributed by atoms with van der Waals surface area (Å²) in [5, 5.41) is 0. The minimum atomic E-state index is -0.0166. The molecule has 1 aliphatic heterocycles. The lowest BCUT2D eigenvalue weighted by molar-refractivity contribution is -0.158. The monoisotopic (exact) mass is 225 g/mol. The Morgan fingerprint density at radius 1 is 1.19 bits per heavy atom. The van der Waals surface area contributed by atoms with Gasteiger partial charge < -0.3 is 10.5 Å². The summed E-state index contributed by atoms with van der Waals surface area (Å²) in [6.45, 7) is 6.27. The summed E-state index contributed by atoms with van der Waals surface area (Å²) in [6.07, 6.45) is 9.55. The van der Waals surface area contributed by atoms with Crippen LogP contribution in [0.4, 0.5) is 0 Å². The van der Waals surface area contributed by atoms with Crippen molar-refractivity contribution in [3.63, 3.8) is 0 Å². The minimum Gasteiger partial charge on any atom is -0.380 e. The highest BCUT2D eigenvalue weighted by molar-refractivity contribution is 4.94. The average Bonchev–Trinajstić information content (AvgIpc) is 2.16. The Balaban J connectivity index is 1.90. The molecule has 2 aliphatic rings. The molecule has 2 N–H and O–H groups in total. The van der Waals surface area contributed by atoms with Gasteiger partial charge in [-0.05, 0) is 45.4 Å². The van der Waals surface area contributed by atoms with Gasteiger partial charge in [0.25, 0.3) is 0 Å². The summed E-state index contributed by atoms with van der Waals surface area (Å²) in [5.74, 6) is 0.914. The lowest BCUT2D eigenvalue weighted by Gasteiger charge is -2.49. The fourth-order valence-corrected chi connectivity index (χ4v) is 3.23. The molecule has 0 unspecified atom stereocenters. The molecule has 2 nitrogen and oxygen atoms in total. The zero-order valence-electron chi connectivity index (χ0n) is 10.9. The molecule has 0 aromatic carbocycles. The molecule has 2 fully saturated rings. The third kappa shape index (κ3) is 2.78. The van der Waals surface area contributed by atoms with E-state index in [0.717, 1.165) is 25.6 Å². The molecule has 94 valence electrons. The third-order valence-corrected chi connectivity index (χ3v) is 4.52. The number of hydrogen-bond donors (Lipinski definition) is 1. The second-order valence-electron chi connectivity index (χ2n) is 6.68. The predicted octanol–water partition coefficient (Wildman–Crippen LogP) is 3.10. The van der Waals surface area contributed by atoms with Gasteiger partial charge in [-0.25, -0.2) is 0 Å². The molecule has 0 bridgehead atoms. The van der Waals surface area contributed by atoms with Crippen LogP contribution in [0.25, 0.3) is 0 Å². The summed E-state index contributed by atoms with van der Waals surface area (Å²) < 4.78 is 5.52. The lowest BCUT2D eigenvalue weighted by Crippen LogP contribution is -2.50. The van der Waals surface area contributed by atoms with Gasteiger partial charge in [0.05, 0.1) is 13.2 Å². The van der Waals surface area contributed by atoms with E-state index < -0.39 is 0 Å². The van der Waals surface area contributed by atoms with Gasteiger partial charge in [-0.3, -0.25) is 0 Å². The van der Waals surface area contributed by atoms with Crippen LogP contribution in [0.5, 0.6) is 0 Å². The molecule has 0 spiro atoms. The standard InChI is InChI=1S/C14H27NO/c1-13(2,15)8-9-14(10-16-11-14)12-6-4-3-5-7-12/h12H,3-11,15H2,1-2H3. The van der Waals surface area contributed by atoms with Crippen LogP contribution in [0.3, 0.4) is 0 Å². The molecule has 1 heterocycles. The second kappa shape index (κ2) is 4.66. The summed E-state index contributed by atoms with van der Waals surface area (Å²) in [4.78, 5) is 0. The summed E-state index contributed by atoms with van der Waals surface area (Å²) in [7, 11) is 0. The highest BCUT2D eigenvalue weighted by Crippen LogP contribution is 2.47. The topological polar surface area (TPSA) is 35.2 Å². The van der Waals surface area contributed by atoms with Crippen molar-refractivity contribution in [2.45, 2.75) is 64.3 Å². The smallest absolute Gasteiger partial charge is 0.0547 e. The van der Waals surface area contributed by atoms with Gasteiger partial charge in [-0.15, -0.1) is 0 Å². The molecule has 16 heavy (non-hydrogen) atoms. The Hall–Kier alpha value is -0.0800. The van der Waals surface area contributed by atoms with Crippen LogP contribution in [0.2, 0.25) is 0 Å². The Bertz CT molecular complexity index is 221. The van der Waals surface area contributed by atoms with E-state index in [0.29, 0.717) is 5.41 Å². The van der Waals surface area contributed by atoms with Crippen molar-refractivity contribution in [1.29, 1.82) is 0 Å². The minimum absolute atomic E-state index is 0.0166. The van der Waals surface area contributed by atoms with E-state index in [-0.39, 0.29) is 5.54 Å². The fourth-order valence-electron chi connectivity index (χ4n) is 3.23. The van der Waals surface area contributed by atoms with Gasteiger partial charge in [0.15, 0.2) is 0 Å². The molecule has 2 heteroatoms. The van der Waals surface area contributed by atoms with Crippen molar-refractivity contribution in [3.05, 3.63) is 0 Å². The van der Waals surface area contributed by atoms with Crippen molar-refractivity contribution in [3.8, 4) is 0 Å². The summed E-state index contributed by atoms with van der Waals surface area (Å²) >= 11 is 0. The highest BCUT2D eigenvalue weighted by atomic mass is 16.5. The van der Waals surface area contributed by atoms with E-state index in [2.05, 4.69) is 13.8 Å². The lowest BCUT2D eigenvalue weighted by atomic mass is 9.64. The van der Waals surface area contributed by atoms with Crippen LogP contribution >= 0.6 is 0 Å². The number of rotatable bonds is 4. The van der Waals surface area contributed by atoms with Gasteiger partial charge >= 0.3 is 0 Å². The second-order valence-corrected chi connectivity index (χ2v) is 6.68. The van der Waals surface area contributed by atoms with Crippen molar-refractivity contribution < 1.29 is 4.74 Å². The van der Waals surface area contributed by atoms with E-state index in [4.69, 9.17) is 10.5 Å². The largest absolute Gasteiger partial charge is 0.380 e. The average molecular weight is 225 g/mol. The number of nitrogens with two attached hydrogens (primary N) is 1. The molecular weight excluding hydrogens is 198 g/mol. The molecule has 0 aromatic rings. The van der Waals surface area contributed by atoms with Crippen LogP contribution in [-0.4, -0.2) is 18.8 Å². The zero-order chi connectivity index (χ0) is 11.6. The fraction of sp³-hybridized carbons (Fsp3) is 1.00. The first kappa shape index (κ1) is 12.4. The van der Waals surface area contributed by atoms with E-state index in [1.54, 1.807) is 0 Å². The Morgan fingerprint density at radius 3 is 2.25 bits per heavy atom. The summed E-state index contributed by atoms with van der Waals surface area (Å²) in [5.41, 5.74) is 6.59. The van der Waals surface area contributed by atoms with E-state index >= 15 is 0 Å². The van der Waals surface area contributed by atoms with Crippen LogP contribution in [-0.2, 0) is 4.74 Å². The Kier molecular flexibility index (Phi) is 3.60. The third-order valence-electron chi connectivity index (χ3n) is 4.52. The highest BCUT2D eigenvalue weighted by Gasteiger charge is 2.45. The van der Waals surface area contributed by atoms with Crippen LogP contribution in [0.1, 0.15) is 58.8 Å². The van der Waals surface area contributed by atoms with E-state index in [1.807, 2.05) is 0 Å². The van der Waals surface area contributed by atoms with Gasteiger partial charge in [-0.1, -0.05) is 19.3 Å². The molecule has 1 saturated carbocycles. The summed E-state index contributed by atoms with van der Waals surface area (Å²) in [6, 6.07) is 0. The van der Waals surface area contributed by atoms with Crippen molar-refractivity contribution in [2.24, 2.45) is 17.1 Å². The van der Waals surface area contributed by atoms with E-state index in [1.165, 1.54) is 38.5 Å². The van der Waals surface area contributed by atoms with Gasteiger partial charge in [-0.2, -0.15) is 0 Å². The number of ether oxygens (including phenoxy) is 1. The maximum absolute atomic E-state index is 6.11. The zero-order valence-corrected chi connectivity index (χ0v) is 10.9. The van der Waals surface area contributed by atoms with Crippen LogP contribution in [0.15, 0.2) is 0 Å². The maximum Gasteiger partial charge on any atom is 0.0547 e. The van der Waals surface area contributed by atoms with Crippen LogP contribution < -0.4 is 5.73 Å². The molecule has 1 saturated heterocycles. The van der Waals surface area contributed by atoms with Gasteiger partial charge in [0.1, 0.15) is 0 Å². The first-order valence-corrected chi connectivity index (χ1v) is 6.89. The molecule has 2 rings (SSSR count). The maximum atomic E-state index is 6.11.